The Labute approximate surface area is 184 Å². The number of rotatable bonds is 6. The maximum absolute atomic E-state index is 13.2. The van der Waals surface area contributed by atoms with Crippen molar-refractivity contribution in [2.75, 3.05) is 6.61 Å². The molecule has 1 N–H and O–H groups in total. The zero-order valence-corrected chi connectivity index (χ0v) is 17.7. The molecule has 1 atom stereocenters. The maximum atomic E-state index is 13.2. The van der Waals surface area contributed by atoms with E-state index in [1.165, 1.54) is 34.4 Å². The summed E-state index contributed by atoms with van der Waals surface area (Å²) >= 11 is 13.4. The van der Waals surface area contributed by atoms with E-state index in [1.54, 1.807) is 30.3 Å². The molecule has 2 aromatic carbocycles. The van der Waals surface area contributed by atoms with E-state index < -0.39 is 6.10 Å². The normalized spacial score (nSPS) is 12.3. The van der Waals surface area contributed by atoms with E-state index in [-0.39, 0.29) is 30.3 Å². The molecule has 154 valence electrons. The number of aliphatic hydroxyl groups excluding tert-OH is 1. The van der Waals surface area contributed by atoms with Gasteiger partial charge in [0, 0.05) is 10.9 Å². The van der Waals surface area contributed by atoms with Crippen LogP contribution in [-0.2, 0) is 6.54 Å². The number of nitrogens with zero attached hydrogens (tertiary/aromatic N) is 2. The molecule has 9 heteroatoms. The van der Waals surface area contributed by atoms with Crippen molar-refractivity contribution in [1.29, 1.82) is 0 Å². The van der Waals surface area contributed by atoms with Gasteiger partial charge < -0.3 is 9.84 Å². The summed E-state index contributed by atoms with van der Waals surface area (Å²) in [6, 6.07) is 10.9. The van der Waals surface area contributed by atoms with Gasteiger partial charge in [-0.25, -0.2) is 9.37 Å². The average molecular weight is 465 g/mol. The molecule has 5 nitrogen and oxygen atoms in total. The van der Waals surface area contributed by atoms with Crippen LogP contribution in [0.3, 0.4) is 0 Å². The van der Waals surface area contributed by atoms with Gasteiger partial charge in [0.2, 0.25) is 0 Å². The molecule has 0 aliphatic rings. The Hall–Kier alpha value is -2.45. The van der Waals surface area contributed by atoms with Gasteiger partial charge >= 0.3 is 0 Å². The van der Waals surface area contributed by atoms with Crippen LogP contribution in [0.25, 0.3) is 21.3 Å². The van der Waals surface area contributed by atoms with E-state index in [9.17, 15) is 14.3 Å². The first-order chi connectivity index (χ1) is 14.4. The Bertz CT molecular complexity index is 1240. The second kappa shape index (κ2) is 8.73. The number of thiophene rings is 1. The topological polar surface area (TPSA) is 64.4 Å². The molecular weight excluding hydrogens is 450 g/mol. The van der Waals surface area contributed by atoms with Crippen molar-refractivity contribution >= 4 is 44.8 Å². The first-order valence-corrected chi connectivity index (χ1v) is 10.5. The third kappa shape index (κ3) is 4.20. The van der Waals surface area contributed by atoms with Crippen molar-refractivity contribution in [1.82, 2.24) is 9.55 Å². The molecule has 0 amide bonds. The van der Waals surface area contributed by atoms with Crippen LogP contribution in [0.2, 0.25) is 10.0 Å². The summed E-state index contributed by atoms with van der Waals surface area (Å²) in [6.45, 7) is -0.134. The first kappa shape index (κ1) is 20.8. The second-order valence-electron chi connectivity index (χ2n) is 6.55. The minimum atomic E-state index is -0.998. The third-order valence-electron chi connectivity index (χ3n) is 4.46. The summed E-state index contributed by atoms with van der Waals surface area (Å²) in [6.07, 6.45) is 0.392. The quantitative estimate of drug-likeness (QED) is 0.435. The standard InChI is InChI=1S/C21H15Cl2FN2O3S/c22-16-2-1-3-17(23)19(16)29-9-14(27)8-26-11-25-20-18(21(26)28)15(10-30-20)12-4-6-13(24)7-5-12/h1-7,10-11,14,27H,8-9H2. The van der Waals surface area contributed by atoms with Gasteiger partial charge in [0.1, 0.15) is 23.4 Å². The van der Waals surface area contributed by atoms with Gasteiger partial charge in [-0.05, 0) is 29.8 Å². The summed E-state index contributed by atoms with van der Waals surface area (Å²) in [5.74, 6) is -0.0761. The minimum absolute atomic E-state index is 0.0252. The average Bonchev–Trinajstić information content (AvgIpc) is 3.15. The predicted octanol–water partition coefficient (Wildman–Crippen LogP) is 5.01. The highest BCUT2D eigenvalue weighted by Gasteiger charge is 2.16. The highest BCUT2D eigenvalue weighted by Crippen LogP contribution is 2.33. The number of aliphatic hydroxyl groups is 1. The fourth-order valence-electron chi connectivity index (χ4n) is 3.02. The van der Waals surface area contributed by atoms with Crippen molar-refractivity contribution in [2.24, 2.45) is 0 Å². The molecule has 0 saturated heterocycles. The largest absolute Gasteiger partial charge is 0.488 e. The molecule has 4 aromatic rings. The number of hydrogen-bond acceptors (Lipinski definition) is 5. The smallest absolute Gasteiger partial charge is 0.262 e. The molecule has 0 fully saturated rings. The fraction of sp³-hybridized carbons (Fsp3) is 0.143. The molecule has 4 rings (SSSR count). The number of fused-ring (bicyclic) bond motifs is 1. The Morgan fingerprint density at radius 2 is 1.87 bits per heavy atom. The van der Waals surface area contributed by atoms with Crippen LogP contribution in [0.1, 0.15) is 0 Å². The van der Waals surface area contributed by atoms with E-state index in [2.05, 4.69) is 4.98 Å². The molecule has 30 heavy (non-hydrogen) atoms. The Morgan fingerprint density at radius 3 is 2.57 bits per heavy atom. The van der Waals surface area contributed by atoms with E-state index in [0.717, 1.165) is 5.56 Å². The molecule has 2 aromatic heterocycles. The minimum Gasteiger partial charge on any atom is -0.488 e. The number of hydrogen-bond donors (Lipinski definition) is 1. The predicted molar refractivity (Wildman–Crippen MR) is 117 cm³/mol. The number of benzene rings is 2. The highest BCUT2D eigenvalue weighted by molar-refractivity contribution is 7.17. The Balaban J connectivity index is 1.57. The third-order valence-corrected chi connectivity index (χ3v) is 5.94. The number of para-hydroxylation sites is 1. The molecule has 0 aliphatic heterocycles. The lowest BCUT2D eigenvalue weighted by atomic mass is 10.1. The zero-order chi connectivity index (χ0) is 21.3. The van der Waals surface area contributed by atoms with Gasteiger partial charge in [-0.1, -0.05) is 41.4 Å². The molecule has 0 bridgehead atoms. The molecule has 0 spiro atoms. The van der Waals surface area contributed by atoms with Gasteiger partial charge in [0.15, 0.2) is 5.75 Å². The zero-order valence-electron chi connectivity index (χ0n) is 15.4. The Kier molecular flexibility index (Phi) is 6.06. The van der Waals surface area contributed by atoms with Gasteiger partial charge in [-0.2, -0.15) is 0 Å². The number of ether oxygens (including phenoxy) is 1. The van der Waals surface area contributed by atoms with Crippen molar-refractivity contribution in [3.8, 4) is 16.9 Å². The van der Waals surface area contributed by atoms with E-state index in [0.29, 0.717) is 25.8 Å². The summed E-state index contributed by atoms with van der Waals surface area (Å²) < 4.78 is 20.1. The van der Waals surface area contributed by atoms with Crippen LogP contribution in [0.4, 0.5) is 4.39 Å². The molecule has 0 saturated carbocycles. The number of aromatic nitrogens is 2. The lowest BCUT2D eigenvalue weighted by Crippen LogP contribution is -2.30. The van der Waals surface area contributed by atoms with E-state index >= 15 is 0 Å². The van der Waals surface area contributed by atoms with E-state index in [4.69, 9.17) is 27.9 Å². The van der Waals surface area contributed by atoms with E-state index in [1.807, 2.05) is 5.38 Å². The fourth-order valence-corrected chi connectivity index (χ4v) is 4.43. The maximum Gasteiger partial charge on any atom is 0.262 e. The summed E-state index contributed by atoms with van der Waals surface area (Å²) in [4.78, 5) is 17.9. The molecule has 0 radical (unpaired) electrons. The van der Waals surface area contributed by atoms with Crippen LogP contribution in [0.5, 0.6) is 5.75 Å². The lowest BCUT2D eigenvalue weighted by Gasteiger charge is -2.15. The molecule has 0 aliphatic carbocycles. The lowest BCUT2D eigenvalue weighted by molar-refractivity contribution is 0.0916. The van der Waals surface area contributed by atoms with Crippen LogP contribution in [-0.4, -0.2) is 27.4 Å². The Morgan fingerprint density at radius 1 is 1.17 bits per heavy atom. The second-order valence-corrected chi connectivity index (χ2v) is 8.23. The van der Waals surface area contributed by atoms with Crippen LogP contribution in [0, 0.1) is 5.82 Å². The van der Waals surface area contributed by atoms with Gasteiger partial charge in [-0.15, -0.1) is 11.3 Å². The monoisotopic (exact) mass is 464 g/mol. The van der Waals surface area contributed by atoms with Crippen LogP contribution >= 0.6 is 34.5 Å². The molecule has 2 heterocycles. The highest BCUT2D eigenvalue weighted by atomic mass is 35.5. The van der Waals surface area contributed by atoms with Crippen molar-refractivity contribution in [2.45, 2.75) is 12.6 Å². The summed E-state index contributed by atoms with van der Waals surface area (Å²) in [5, 5.41) is 13.3. The molecule has 1 unspecified atom stereocenters. The SMILES string of the molecule is O=c1c2c(-c3ccc(F)cc3)csc2ncn1CC(O)COc1c(Cl)cccc1Cl. The van der Waals surface area contributed by atoms with Crippen molar-refractivity contribution in [3.05, 3.63) is 80.4 Å². The molecular formula is C21H15Cl2FN2O3S. The number of halogens is 3. The van der Waals surface area contributed by atoms with Gasteiger partial charge in [0.25, 0.3) is 5.56 Å². The summed E-state index contributed by atoms with van der Waals surface area (Å²) in [5.41, 5.74) is 1.10. The van der Waals surface area contributed by atoms with Crippen molar-refractivity contribution in [3.63, 3.8) is 0 Å². The van der Waals surface area contributed by atoms with Crippen LogP contribution in [0.15, 0.2) is 59.0 Å². The van der Waals surface area contributed by atoms with Crippen LogP contribution < -0.4 is 10.3 Å². The van der Waals surface area contributed by atoms with Gasteiger partial charge in [-0.3, -0.25) is 9.36 Å². The first-order valence-electron chi connectivity index (χ1n) is 8.91. The van der Waals surface area contributed by atoms with Crippen molar-refractivity contribution < 1.29 is 14.2 Å². The van der Waals surface area contributed by atoms with Gasteiger partial charge in [0.05, 0.1) is 28.3 Å². The summed E-state index contributed by atoms with van der Waals surface area (Å²) in [7, 11) is 0.